The topological polar surface area (TPSA) is 12.0 Å². The lowest BCUT2D eigenvalue weighted by atomic mass is 9.85. The van der Waals surface area contributed by atoms with E-state index in [1.165, 1.54) is 48.9 Å². The highest BCUT2D eigenvalue weighted by molar-refractivity contribution is 5.34. The van der Waals surface area contributed by atoms with Crippen LogP contribution in [0.3, 0.4) is 0 Å². The van der Waals surface area contributed by atoms with E-state index in [1.807, 2.05) is 0 Å². The molecule has 1 aliphatic carbocycles. The van der Waals surface area contributed by atoms with Crippen LogP contribution >= 0.6 is 0 Å². The van der Waals surface area contributed by atoms with Crippen molar-refractivity contribution in [3.63, 3.8) is 0 Å². The summed E-state index contributed by atoms with van der Waals surface area (Å²) in [6.07, 6.45) is 5.23. The third-order valence-corrected chi connectivity index (χ3v) is 3.85. The normalized spacial score (nSPS) is 16.0. The Labute approximate surface area is 112 Å². The van der Waals surface area contributed by atoms with Crippen molar-refractivity contribution in [3.8, 4) is 0 Å². The average Bonchev–Trinajstić information content (AvgIpc) is 3.09. The summed E-state index contributed by atoms with van der Waals surface area (Å²) in [5.41, 5.74) is 4.68. The van der Waals surface area contributed by atoms with Gasteiger partial charge in [-0.15, -0.1) is 0 Å². The molecule has 1 saturated carbocycles. The second-order valence-electron chi connectivity index (χ2n) is 6.72. The van der Waals surface area contributed by atoms with Gasteiger partial charge in [-0.2, -0.15) is 0 Å². The van der Waals surface area contributed by atoms with E-state index >= 15 is 0 Å². The summed E-state index contributed by atoms with van der Waals surface area (Å²) < 4.78 is 0. The van der Waals surface area contributed by atoms with Gasteiger partial charge in [0.2, 0.25) is 0 Å². The molecule has 0 saturated heterocycles. The molecule has 0 aliphatic heterocycles. The Balaban J connectivity index is 1.92. The van der Waals surface area contributed by atoms with E-state index in [0.717, 1.165) is 6.04 Å². The summed E-state index contributed by atoms with van der Waals surface area (Å²) in [5, 5.41) is 3.59. The molecule has 0 atom stereocenters. The van der Waals surface area contributed by atoms with Crippen LogP contribution in [0.4, 0.5) is 0 Å². The molecule has 1 heteroatoms. The third kappa shape index (κ3) is 3.84. The van der Waals surface area contributed by atoms with Gasteiger partial charge in [-0.05, 0) is 61.3 Å². The summed E-state index contributed by atoms with van der Waals surface area (Å²) in [6.45, 7) is 10.3. The average molecular weight is 245 g/mol. The number of aryl methyl sites for hydroxylation is 2. The van der Waals surface area contributed by atoms with E-state index in [0.29, 0.717) is 0 Å². The Bertz CT molecular complexity index is 397. The van der Waals surface area contributed by atoms with E-state index < -0.39 is 0 Å². The molecule has 0 unspecified atom stereocenters. The van der Waals surface area contributed by atoms with Crippen LogP contribution < -0.4 is 5.32 Å². The highest BCUT2D eigenvalue weighted by Gasteiger charge is 2.19. The Morgan fingerprint density at radius 3 is 2.56 bits per heavy atom. The molecule has 18 heavy (non-hydrogen) atoms. The molecule has 0 heterocycles. The van der Waals surface area contributed by atoms with E-state index in [2.05, 4.69) is 51.2 Å². The molecule has 1 nitrogen and oxygen atoms in total. The number of hydrogen-bond acceptors (Lipinski definition) is 1. The number of rotatable bonds is 5. The second kappa shape index (κ2) is 5.44. The summed E-state index contributed by atoms with van der Waals surface area (Å²) in [7, 11) is 0. The standard InChI is InChI=1S/C17H27N/c1-13-7-8-15(17(2,3)4)12-14(13)6-5-11-18-16-9-10-16/h7-8,12,16,18H,5-6,9-11H2,1-4H3. The molecular weight excluding hydrogens is 218 g/mol. The Kier molecular flexibility index (Phi) is 4.11. The van der Waals surface area contributed by atoms with E-state index in [-0.39, 0.29) is 5.41 Å². The van der Waals surface area contributed by atoms with E-state index in [9.17, 15) is 0 Å². The monoisotopic (exact) mass is 245 g/mol. The second-order valence-corrected chi connectivity index (χ2v) is 6.72. The molecule has 100 valence electrons. The molecule has 1 aliphatic rings. The minimum absolute atomic E-state index is 0.259. The lowest BCUT2D eigenvalue weighted by molar-refractivity contribution is 0.588. The zero-order valence-corrected chi connectivity index (χ0v) is 12.3. The van der Waals surface area contributed by atoms with Gasteiger partial charge in [0.1, 0.15) is 0 Å². The predicted molar refractivity (Wildman–Crippen MR) is 79.2 cm³/mol. The summed E-state index contributed by atoms with van der Waals surface area (Å²) in [6, 6.07) is 7.81. The molecule has 2 rings (SSSR count). The van der Waals surface area contributed by atoms with Crippen molar-refractivity contribution in [2.45, 2.75) is 64.8 Å². The SMILES string of the molecule is Cc1ccc(C(C)(C)C)cc1CCCNC1CC1. The first-order chi connectivity index (χ1) is 8.47. The van der Waals surface area contributed by atoms with Crippen LogP contribution in [-0.4, -0.2) is 12.6 Å². The van der Waals surface area contributed by atoms with Crippen LogP contribution in [0.5, 0.6) is 0 Å². The van der Waals surface area contributed by atoms with Crippen LogP contribution in [0.2, 0.25) is 0 Å². The highest BCUT2D eigenvalue weighted by atomic mass is 14.9. The summed E-state index contributed by atoms with van der Waals surface area (Å²) >= 11 is 0. The van der Waals surface area contributed by atoms with Crippen molar-refractivity contribution < 1.29 is 0 Å². The van der Waals surface area contributed by atoms with Crippen LogP contribution in [-0.2, 0) is 11.8 Å². The maximum Gasteiger partial charge on any atom is 0.00682 e. The number of benzene rings is 1. The molecule has 1 aromatic rings. The van der Waals surface area contributed by atoms with Crippen LogP contribution in [0.15, 0.2) is 18.2 Å². The molecular formula is C17H27N. The summed E-state index contributed by atoms with van der Waals surface area (Å²) in [4.78, 5) is 0. The summed E-state index contributed by atoms with van der Waals surface area (Å²) in [5.74, 6) is 0. The van der Waals surface area contributed by atoms with Crippen molar-refractivity contribution in [1.82, 2.24) is 5.32 Å². The van der Waals surface area contributed by atoms with Crippen molar-refractivity contribution in [2.24, 2.45) is 0 Å². The first-order valence-corrected chi connectivity index (χ1v) is 7.30. The lowest BCUT2D eigenvalue weighted by Gasteiger charge is -2.21. The largest absolute Gasteiger partial charge is 0.314 e. The quantitative estimate of drug-likeness (QED) is 0.774. The molecule has 1 fully saturated rings. The van der Waals surface area contributed by atoms with Crippen LogP contribution in [0.1, 0.15) is 56.7 Å². The fourth-order valence-electron chi connectivity index (χ4n) is 2.28. The Morgan fingerprint density at radius 2 is 1.94 bits per heavy atom. The van der Waals surface area contributed by atoms with Crippen molar-refractivity contribution in [3.05, 3.63) is 34.9 Å². The van der Waals surface area contributed by atoms with E-state index in [4.69, 9.17) is 0 Å². The van der Waals surface area contributed by atoms with Gasteiger partial charge in [-0.3, -0.25) is 0 Å². The first kappa shape index (κ1) is 13.6. The smallest absolute Gasteiger partial charge is 0.00682 e. The minimum atomic E-state index is 0.259. The predicted octanol–water partition coefficient (Wildman–Crippen LogP) is 3.98. The maximum absolute atomic E-state index is 3.59. The van der Waals surface area contributed by atoms with Gasteiger partial charge >= 0.3 is 0 Å². The number of nitrogens with one attached hydrogen (secondary N) is 1. The molecule has 1 N–H and O–H groups in total. The van der Waals surface area contributed by atoms with Gasteiger partial charge in [0.05, 0.1) is 0 Å². The third-order valence-electron chi connectivity index (χ3n) is 3.85. The minimum Gasteiger partial charge on any atom is -0.314 e. The molecule has 1 aromatic carbocycles. The molecule has 0 aromatic heterocycles. The van der Waals surface area contributed by atoms with Crippen molar-refractivity contribution in [1.29, 1.82) is 0 Å². The van der Waals surface area contributed by atoms with Crippen LogP contribution in [0, 0.1) is 6.92 Å². The molecule has 0 spiro atoms. The van der Waals surface area contributed by atoms with Crippen molar-refractivity contribution >= 4 is 0 Å². The Morgan fingerprint density at radius 1 is 1.22 bits per heavy atom. The fraction of sp³-hybridized carbons (Fsp3) is 0.647. The fourth-order valence-corrected chi connectivity index (χ4v) is 2.28. The van der Waals surface area contributed by atoms with Gasteiger partial charge in [0, 0.05) is 6.04 Å². The lowest BCUT2D eigenvalue weighted by Crippen LogP contribution is -2.18. The molecule has 0 bridgehead atoms. The first-order valence-electron chi connectivity index (χ1n) is 7.30. The zero-order chi connectivity index (χ0) is 13.2. The van der Waals surface area contributed by atoms with Gasteiger partial charge in [0.25, 0.3) is 0 Å². The van der Waals surface area contributed by atoms with Gasteiger partial charge < -0.3 is 5.32 Å². The Hall–Kier alpha value is -0.820. The van der Waals surface area contributed by atoms with E-state index in [1.54, 1.807) is 0 Å². The molecule has 0 radical (unpaired) electrons. The zero-order valence-electron chi connectivity index (χ0n) is 12.3. The van der Waals surface area contributed by atoms with Gasteiger partial charge in [-0.1, -0.05) is 39.0 Å². The molecule has 0 amide bonds. The van der Waals surface area contributed by atoms with Crippen molar-refractivity contribution in [2.75, 3.05) is 6.54 Å². The number of hydrogen-bond donors (Lipinski definition) is 1. The van der Waals surface area contributed by atoms with Gasteiger partial charge in [0.15, 0.2) is 0 Å². The maximum atomic E-state index is 3.59. The van der Waals surface area contributed by atoms with Gasteiger partial charge in [-0.25, -0.2) is 0 Å². The highest BCUT2D eigenvalue weighted by Crippen LogP contribution is 2.25. The van der Waals surface area contributed by atoms with Crippen LogP contribution in [0.25, 0.3) is 0 Å².